The van der Waals surface area contributed by atoms with Gasteiger partial charge in [-0.05, 0) is 98.2 Å². The molecule has 4 aromatic rings. The fourth-order valence-corrected chi connectivity index (χ4v) is 7.15. The molecule has 0 spiro atoms. The van der Waals surface area contributed by atoms with Crippen molar-refractivity contribution in [1.82, 2.24) is 20.0 Å². The maximum Gasteiger partial charge on any atom is 0.324 e. The SMILES string of the molecule is CCn1c(-c2cccnc2[C@H](C)OC)c2c3cc(ccc31)-c1cc(O)cc(c1)C[C@H](C)C(=O)N1CCC[C@H](N1)C(=O)OCC(C)(C)C2. The Balaban J connectivity index is 1.57. The van der Waals surface area contributed by atoms with Crippen LogP contribution in [0.5, 0.6) is 5.75 Å². The highest BCUT2D eigenvalue weighted by Crippen LogP contribution is 2.42. The Morgan fingerprint density at radius 3 is 2.72 bits per heavy atom. The highest BCUT2D eigenvalue weighted by Gasteiger charge is 2.34. The Labute approximate surface area is 276 Å². The van der Waals surface area contributed by atoms with E-state index < -0.39 is 11.5 Å². The van der Waals surface area contributed by atoms with Crippen LogP contribution in [0.4, 0.5) is 0 Å². The van der Waals surface area contributed by atoms with Crippen molar-refractivity contribution in [3.8, 4) is 28.1 Å². The topological polar surface area (TPSA) is 106 Å². The number of rotatable bonds is 4. The lowest BCUT2D eigenvalue weighted by molar-refractivity contribution is -0.155. The van der Waals surface area contributed by atoms with E-state index in [1.54, 1.807) is 30.4 Å². The molecule has 6 rings (SSSR count). The zero-order valence-electron chi connectivity index (χ0n) is 28.3. The molecule has 2 aliphatic heterocycles. The van der Waals surface area contributed by atoms with E-state index in [1.807, 2.05) is 19.9 Å². The van der Waals surface area contributed by atoms with Crippen LogP contribution in [-0.2, 0) is 38.4 Å². The van der Waals surface area contributed by atoms with Crippen LogP contribution < -0.4 is 5.43 Å². The van der Waals surface area contributed by atoms with Crippen molar-refractivity contribution in [3.05, 3.63) is 71.5 Å². The van der Waals surface area contributed by atoms with Crippen LogP contribution in [0.15, 0.2) is 54.7 Å². The molecule has 0 saturated carbocycles. The lowest BCUT2D eigenvalue weighted by atomic mass is 9.84. The van der Waals surface area contributed by atoms with E-state index in [2.05, 4.69) is 61.1 Å². The number of nitrogens with one attached hydrogen (secondary N) is 1. The fourth-order valence-electron chi connectivity index (χ4n) is 7.15. The number of aryl methyl sites for hydroxylation is 1. The van der Waals surface area contributed by atoms with Gasteiger partial charge in [-0.1, -0.05) is 32.9 Å². The number of fused-ring (bicyclic) bond motifs is 6. The van der Waals surface area contributed by atoms with Gasteiger partial charge >= 0.3 is 5.97 Å². The molecule has 0 radical (unpaired) electrons. The number of esters is 1. The number of hydrogen-bond donors (Lipinski definition) is 2. The largest absolute Gasteiger partial charge is 0.508 e. The summed E-state index contributed by atoms with van der Waals surface area (Å²) in [5, 5.41) is 13.5. The number of nitrogens with zero attached hydrogens (tertiary/aromatic N) is 3. The van der Waals surface area contributed by atoms with E-state index >= 15 is 0 Å². The highest BCUT2D eigenvalue weighted by atomic mass is 16.5. The van der Waals surface area contributed by atoms with Crippen LogP contribution in [0.1, 0.15) is 70.4 Å². The number of cyclic esters (lactones) is 1. The minimum Gasteiger partial charge on any atom is -0.508 e. The van der Waals surface area contributed by atoms with Crippen molar-refractivity contribution in [1.29, 1.82) is 0 Å². The summed E-state index contributed by atoms with van der Waals surface area (Å²) in [5.74, 6) is -0.620. The number of ether oxygens (including phenoxy) is 2. The third kappa shape index (κ3) is 6.51. The molecule has 9 nitrogen and oxygen atoms in total. The number of benzene rings is 2. The van der Waals surface area contributed by atoms with Crippen LogP contribution in [-0.4, -0.2) is 57.8 Å². The summed E-state index contributed by atoms with van der Waals surface area (Å²) in [6, 6.07) is 15.5. The molecule has 2 aliphatic rings. The van der Waals surface area contributed by atoms with Gasteiger partial charge in [-0.2, -0.15) is 0 Å². The third-order valence-electron chi connectivity index (χ3n) is 9.59. The summed E-state index contributed by atoms with van der Waals surface area (Å²) in [5.41, 5.74) is 10.6. The normalized spacial score (nSPS) is 20.9. The molecule has 9 heteroatoms. The molecule has 248 valence electrons. The molecule has 4 heterocycles. The number of aromatic hydroxyl groups is 1. The standard InChI is InChI=1S/C38H46N4O5/c1-7-41-33-13-12-26-20-30(33)31(35(41)29-10-8-14-39-34(29)24(3)46-6)21-38(4,5)22-47-37(45)32-11-9-15-42(40-32)36(44)23(2)16-25-17-27(26)19-28(43)18-25/h8,10,12-14,17-20,23-24,32,40,43H,7,9,11,15-16,21-22H2,1-6H3/t23-,24-,32-/m0/s1. The molecule has 1 amide bonds. The zero-order valence-corrected chi connectivity index (χ0v) is 28.3. The number of pyridine rings is 1. The van der Waals surface area contributed by atoms with E-state index in [0.717, 1.165) is 56.7 Å². The van der Waals surface area contributed by atoms with Crippen LogP contribution in [0.3, 0.4) is 0 Å². The summed E-state index contributed by atoms with van der Waals surface area (Å²) in [4.78, 5) is 31.6. The summed E-state index contributed by atoms with van der Waals surface area (Å²) in [6.07, 6.45) is 3.98. The monoisotopic (exact) mass is 638 g/mol. The second-order valence-electron chi connectivity index (χ2n) is 13.9. The summed E-state index contributed by atoms with van der Waals surface area (Å²) in [6.45, 7) is 11.8. The van der Waals surface area contributed by atoms with Gasteiger partial charge < -0.3 is 19.1 Å². The quantitative estimate of drug-likeness (QED) is 0.243. The highest BCUT2D eigenvalue weighted by molar-refractivity contribution is 5.95. The first-order valence-corrected chi connectivity index (χ1v) is 16.7. The molecule has 2 N–H and O–H groups in total. The minimum absolute atomic E-state index is 0.0779. The Bertz CT molecular complexity index is 1810. The van der Waals surface area contributed by atoms with E-state index in [4.69, 9.17) is 14.5 Å². The molecule has 47 heavy (non-hydrogen) atoms. The van der Waals surface area contributed by atoms with Gasteiger partial charge in [0.1, 0.15) is 11.8 Å². The van der Waals surface area contributed by atoms with Crippen LogP contribution in [0.2, 0.25) is 0 Å². The van der Waals surface area contributed by atoms with Crippen molar-refractivity contribution >= 4 is 22.8 Å². The molecule has 1 fully saturated rings. The zero-order chi connectivity index (χ0) is 33.5. The predicted octanol–water partition coefficient (Wildman–Crippen LogP) is 6.60. The molecule has 1 saturated heterocycles. The van der Waals surface area contributed by atoms with Gasteiger partial charge in [0, 0.05) is 54.2 Å². The maximum atomic E-state index is 13.5. The Morgan fingerprint density at radius 2 is 1.96 bits per heavy atom. The molecule has 3 atom stereocenters. The lowest BCUT2D eigenvalue weighted by Crippen LogP contribution is -2.56. The van der Waals surface area contributed by atoms with Gasteiger partial charge in [-0.25, -0.2) is 5.43 Å². The number of phenolic OH excluding ortho intramolecular Hbond substituents is 1. The number of methoxy groups -OCH3 is 1. The van der Waals surface area contributed by atoms with E-state index in [1.165, 1.54) is 0 Å². The number of aromatic nitrogens is 2. The lowest BCUT2D eigenvalue weighted by Gasteiger charge is -2.35. The number of carbonyl (C=O) groups excluding carboxylic acids is 2. The molecular formula is C38H46N4O5. The molecule has 0 unspecified atom stereocenters. The summed E-state index contributed by atoms with van der Waals surface area (Å²) < 4.78 is 14.1. The second-order valence-corrected chi connectivity index (χ2v) is 13.9. The van der Waals surface area contributed by atoms with Crippen LogP contribution in [0, 0.1) is 11.3 Å². The maximum absolute atomic E-state index is 13.5. The van der Waals surface area contributed by atoms with Crippen molar-refractivity contribution in [2.75, 3.05) is 20.3 Å². The van der Waals surface area contributed by atoms with Crippen molar-refractivity contribution in [3.63, 3.8) is 0 Å². The number of amides is 1. The van der Waals surface area contributed by atoms with Gasteiger partial charge in [0.25, 0.3) is 0 Å². The summed E-state index contributed by atoms with van der Waals surface area (Å²) in [7, 11) is 1.70. The first-order valence-electron chi connectivity index (χ1n) is 16.7. The van der Waals surface area contributed by atoms with Gasteiger partial charge in [0.2, 0.25) is 5.91 Å². The van der Waals surface area contributed by atoms with E-state index in [0.29, 0.717) is 32.2 Å². The Kier molecular flexibility index (Phi) is 9.14. The van der Waals surface area contributed by atoms with Crippen molar-refractivity contribution in [2.45, 2.75) is 79.0 Å². The van der Waals surface area contributed by atoms with Gasteiger partial charge in [-0.3, -0.25) is 19.6 Å². The fraction of sp³-hybridized carbons (Fsp3) is 0.447. The molecule has 2 aromatic carbocycles. The number of carbonyl (C=O) groups is 2. The van der Waals surface area contributed by atoms with Gasteiger partial charge in [0.15, 0.2) is 0 Å². The average molecular weight is 639 g/mol. The van der Waals surface area contributed by atoms with Gasteiger partial charge in [0.05, 0.1) is 24.1 Å². The van der Waals surface area contributed by atoms with Crippen molar-refractivity contribution < 1.29 is 24.2 Å². The second kappa shape index (κ2) is 13.1. The Hall–Kier alpha value is -4.21. The molecular weight excluding hydrogens is 592 g/mol. The minimum atomic E-state index is -0.587. The van der Waals surface area contributed by atoms with Gasteiger partial charge in [-0.15, -0.1) is 0 Å². The number of phenols is 1. The molecule has 0 aliphatic carbocycles. The van der Waals surface area contributed by atoms with Crippen LogP contribution >= 0.6 is 0 Å². The third-order valence-corrected chi connectivity index (χ3v) is 9.59. The van der Waals surface area contributed by atoms with Crippen LogP contribution in [0.25, 0.3) is 33.3 Å². The first-order chi connectivity index (χ1) is 22.5. The van der Waals surface area contributed by atoms with E-state index in [9.17, 15) is 14.7 Å². The Morgan fingerprint density at radius 1 is 1.15 bits per heavy atom. The molecule has 6 bridgehead atoms. The van der Waals surface area contributed by atoms with Crippen molar-refractivity contribution in [2.24, 2.45) is 11.3 Å². The predicted molar refractivity (Wildman–Crippen MR) is 183 cm³/mol. The summed E-state index contributed by atoms with van der Waals surface area (Å²) >= 11 is 0. The first kappa shape index (κ1) is 32.7. The smallest absolute Gasteiger partial charge is 0.324 e. The number of hydrazine groups is 1. The average Bonchev–Trinajstić information content (AvgIpc) is 3.37. The molecule has 2 aromatic heterocycles. The number of hydrogen-bond acceptors (Lipinski definition) is 7. The van der Waals surface area contributed by atoms with E-state index in [-0.39, 0.29) is 36.3 Å².